The van der Waals surface area contributed by atoms with Crippen LogP contribution < -0.4 is 10.1 Å². The van der Waals surface area contributed by atoms with Crippen molar-refractivity contribution in [3.8, 4) is 5.75 Å². The third kappa shape index (κ3) is 7.46. The Morgan fingerprint density at radius 2 is 1.93 bits per heavy atom. The molecule has 0 aliphatic carbocycles. The number of carboxylic acid groups (broad SMARTS) is 1. The second-order valence-electron chi connectivity index (χ2n) is 6.38. The molecule has 7 nitrogen and oxygen atoms in total. The Labute approximate surface area is 179 Å². The van der Waals surface area contributed by atoms with Gasteiger partial charge in [0.1, 0.15) is 18.5 Å². The lowest BCUT2D eigenvalue weighted by Gasteiger charge is -2.23. The standard InChI is InChI=1S/C22H25NO6S/c1-15(6-11-20(25)26)21(16-4-3-5-18(14-16)28-13-12-24)29-22(27)23-17-7-9-19(30-2)10-8-17/h3-11,14-15,21,24H,12-13H2,1-2H3,(H,23,27)(H,25,26)/b11-6+/t15-,21-/m1/s1. The number of hydrogen-bond donors (Lipinski definition) is 3. The number of thioether (sulfide) groups is 1. The maximum absolute atomic E-state index is 12.5. The van der Waals surface area contributed by atoms with Crippen LogP contribution in [0.5, 0.6) is 5.75 Å². The summed E-state index contributed by atoms with van der Waals surface area (Å²) in [4.78, 5) is 24.5. The van der Waals surface area contributed by atoms with Crippen LogP contribution in [0.1, 0.15) is 18.6 Å². The minimum atomic E-state index is -1.08. The molecule has 0 unspecified atom stereocenters. The van der Waals surface area contributed by atoms with Crippen LogP contribution in [-0.4, -0.2) is 41.7 Å². The molecule has 0 aromatic heterocycles. The number of benzene rings is 2. The van der Waals surface area contributed by atoms with E-state index < -0.39 is 24.1 Å². The predicted octanol–water partition coefficient (Wildman–Crippen LogP) is 4.35. The van der Waals surface area contributed by atoms with Gasteiger partial charge in [0.15, 0.2) is 0 Å². The van der Waals surface area contributed by atoms with Crippen molar-refractivity contribution in [1.82, 2.24) is 0 Å². The Hall–Kier alpha value is -2.97. The third-order valence-corrected chi connectivity index (χ3v) is 4.88. The largest absolute Gasteiger partial charge is 0.491 e. The lowest BCUT2D eigenvalue weighted by molar-refractivity contribution is -0.131. The molecule has 160 valence electrons. The first-order chi connectivity index (χ1) is 14.4. The average Bonchev–Trinajstić information content (AvgIpc) is 2.75. The summed E-state index contributed by atoms with van der Waals surface area (Å²) in [6.45, 7) is 1.77. The molecule has 3 N–H and O–H groups in total. The SMILES string of the molecule is CSc1ccc(NC(=O)O[C@@H](c2cccc(OCCO)c2)[C@H](C)/C=C/C(=O)O)cc1. The number of ether oxygens (including phenoxy) is 2. The van der Waals surface area contributed by atoms with Gasteiger partial charge in [-0.3, -0.25) is 5.32 Å². The molecule has 8 heteroatoms. The molecule has 0 saturated carbocycles. The summed E-state index contributed by atoms with van der Waals surface area (Å²) in [5, 5.41) is 20.5. The fourth-order valence-electron chi connectivity index (χ4n) is 2.70. The number of hydrogen-bond acceptors (Lipinski definition) is 6. The van der Waals surface area contributed by atoms with Crippen molar-refractivity contribution in [2.75, 3.05) is 24.8 Å². The predicted molar refractivity (Wildman–Crippen MR) is 116 cm³/mol. The molecule has 0 heterocycles. The molecule has 2 atom stereocenters. The van der Waals surface area contributed by atoms with E-state index >= 15 is 0 Å². The fraction of sp³-hybridized carbons (Fsp3) is 0.273. The van der Waals surface area contributed by atoms with Crippen LogP contribution in [0.15, 0.2) is 65.6 Å². The average molecular weight is 432 g/mol. The highest BCUT2D eigenvalue weighted by Gasteiger charge is 2.23. The van der Waals surface area contributed by atoms with Crippen LogP contribution in [-0.2, 0) is 9.53 Å². The van der Waals surface area contributed by atoms with E-state index in [-0.39, 0.29) is 13.2 Å². The molecule has 1 amide bonds. The van der Waals surface area contributed by atoms with Crippen molar-refractivity contribution in [3.63, 3.8) is 0 Å². The first-order valence-corrected chi connectivity index (χ1v) is 10.5. The summed E-state index contributed by atoms with van der Waals surface area (Å²) in [5.41, 5.74) is 1.23. The molecule has 0 aliphatic rings. The van der Waals surface area contributed by atoms with Gasteiger partial charge >= 0.3 is 12.1 Å². The van der Waals surface area contributed by atoms with Crippen LogP contribution in [0, 0.1) is 5.92 Å². The molecule has 0 aliphatic heterocycles. The Bertz CT molecular complexity index is 868. The zero-order chi connectivity index (χ0) is 21.9. The van der Waals surface area contributed by atoms with E-state index in [1.54, 1.807) is 55.1 Å². The highest BCUT2D eigenvalue weighted by Crippen LogP contribution is 2.30. The Kier molecular flexibility index (Phi) is 9.24. The van der Waals surface area contributed by atoms with Gasteiger partial charge in [-0.25, -0.2) is 9.59 Å². The molecule has 2 aromatic rings. The second-order valence-corrected chi connectivity index (χ2v) is 7.26. The van der Waals surface area contributed by atoms with Crippen molar-refractivity contribution in [2.45, 2.75) is 17.9 Å². The smallest absolute Gasteiger partial charge is 0.412 e. The summed E-state index contributed by atoms with van der Waals surface area (Å²) < 4.78 is 11.1. The topological polar surface area (TPSA) is 105 Å². The highest BCUT2D eigenvalue weighted by atomic mass is 32.2. The molecule has 2 aromatic carbocycles. The lowest BCUT2D eigenvalue weighted by atomic mass is 9.96. The first-order valence-electron chi connectivity index (χ1n) is 9.29. The second kappa shape index (κ2) is 11.9. The van der Waals surface area contributed by atoms with Crippen molar-refractivity contribution in [1.29, 1.82) is 0 Å². The first kappa shape index (κ1) is 23.3. The fourth-order valence-corrected chi connectivity index (χ4v) is 3.10. The zero-order valence-corrected chi connectivity index (χ0v) is 17.6. The van der Waals surface area contributed by atoms with Gasteiger partial charge < -0.3 is 19.7 Å². The number of carboxylic acids is 1. The number of nitrogens with one attached hydrogen (secondary N) is 1. The summed E-state index contributed by atoms with van der Waals surface area (Å²) in [6, 6.07) is 14.3. The number of carbonyl (C=O) groups excluding carboxylic acids is 1. The van der Waals surface area contributed by atoms with Crippen LogP contribution >= 0.6 is 11.8 Å². The van der Waals surface area contributed by atoms with Crippen LogP contribution in [0.3, 0.4) is 0 Å². The Balaban J connectivity index is 2.20. The van der Waals surface area contributed by atoms with E-state index in [9.17, 15) is 9.59 Å². The van der Waals surface area contributed by atoms with Gasteiger partial charge in [-0.1, -0.05) is 25.1 Å². The maximum Gasteiger partial charge on any atom is 0.412 e. The van der Waals surface area contributed by atoms with Crippen molar-refractivity contribution < 1.29 is 29.3 Å². The van der Waals surface area contributed by atoms with Crippen molar-refractivity contribution in [3.05, 3.63) is 66.2 Å². The molecule has 0 bridgehead atoms. The van der Waals surface area contributed by atoms with Crippen LogP contribution in [0.2, 0.25) is 0 Å². The van der Waals surface area contributed by atoms with E-state index in [4.69, 9.17) is 19.7 Å². The van der Waals surface area contributed by atoms with E-state index in [0.717, 1.165) is 11.0 Å². The number of amides is 1. The van der Waals surface area contributed by atoms with Gasteiger partial charge in [-0.15, -0.1) is 11.8 Å². The Morgan fingerprint density at radius 1 is 1.20 bits per heavy atom. The molecule has 0 spiro atoms. The molecule has 0 fully saturated rings. The van der Waals surface area contributed by atoms with E-state index in [1.165, 1.54) is 6.08 Å². The number of anilines is 1. The van der Waals surface area contributed by atoms with Gasteiger partial charge in [0.05, 0.1) is 6.61 Å². The van der Waals surface area contributed by atoms with Crippen LogP contribution in [0.25, 0.3) is 0 Å². The zero-order valence-electron chi connectivity index (χ0n) is 16.8. The number of aliphatic hydroxyl groups excluding tert-OH is 1. The Morgan fingerprint density at radius 3 is 2.57 bits per heavy atom. The minimum Gasteiger partial charge on any atom is -0.491 e. The molecular weight excluding hydrogens is 406 g/mol. The minimum absolute atomic E-state index is 0.125. The van der Waals surface area contributed by atoms with E-state index in [1.807, 2.05) is 18.4 Å². The van der Waals surface area contributed by atoms with E-state index in [0.29, 0.717) is 17.0 Å². The maximum atomic E-state index is 12.5. The quantitative estimate of drug-likeness (QED) is 0.379. The summed E-state index contributed by atoms with van der Waals surface area (Å²) in [7, 11) is 0. The highest BCUT2D eigenvalue weighted by molar-refractivity contribution is 7.98. The normalized spacial score (nSPS) is 12.9. The summed E-state index contributed by atoms with van der Waals surface area (Å²) >= 11 is 1.60. The van der Waals surface area contributed by atoms with Gasteiger partial charge in [0, 0.05) is 22.6 Å². The molecule has 2 rings (SSSR count). The van der Waals surface area contributed by atoms with Gasteiger partial charge in [-0.05, 0) is 48.2 Å². The summed E-state index contributed by atoms with van der Waals surface area (Å²) in [6.07, 6.45) is 3.05. The number of carbonyl (C=O) groups is 2. The third-order valence-electron chi connectivity index (χ3n) is 4.14. The van der Waals surface area contributed by atoms with Gasteiger partial charge in [-0.2, -0.15) is 0 Å². The monoisotopic (exact) mass is 431 g/mol. The number of aliphatic carboxylic acids is 1. The number of rotatable bonds is 10. The van der Waals surface area contributed by atoms with Gasteiger partial charge in [0.2, 0.25) is 0 Å². The molecular formula is C22H25NO6S. The molecule has 30 heavy (non-hydrogen) atoms. The number of aliphatic hydroxyl groups is 1. The molecule has 0 saturated heterocycles. The molecule has 0 radical (unpaired) electrons. The summed E-state index contributed by atoms with van der Waals surface area (Å²) in [5.74, 6) is -0.990. The lowest BCUT2D eigenvalue weighted by Crippen LogP contribution is -2.21. The van der Waals surface area contributed by atoms with Crippen molar-refractivity contribution in [2.24, 2.45) is 5.92 Å². The van der Waals surface area contributed by atoms with Gasteiger partial charge in [0.25, 0.3) is 0 Å². The van der Waals surface area contributed by atoms with Crippen molar-refractivity contribution >= 4 is 29.5 Å². The van der Waals surface area contributed by atoms with E-state index in [2.05, 4.69) is 5.32 Å². The van der Waals surface area contributed by atoms with Crippen LogP contribution in [0.4, 0.5) is 10.5 Å².